The second-order valence-corrected chi connectivity index (χ2v) is 3.87. The molecule has 1 aromatic carbocycles. The van der Waals surface area contributed by atoms with Gasteiger partial charge in [0.25, 0.3) is 0 Å². The van der Waals surface area contributed by atoms with Gasteiger partial charge in [0.2, 0.25) is 0 Å². The average molecular weight is 243 g/mol. The molecule has 0 bridgehead atoms. The highest BCUT2D eigenvalue weighted by molar-refractivity contribution is 5.92. The van der Waals surface area contributed by atoms with E-state index in [-0.39, 0.29) is 5.56 Å². The molecule has 0 aliphatic rings. The lowest BCUT2D eigenvalue weighted by atomic mass is 10.1. The Labute approximate surface area is 105 Å². The number of carboxylic acids is 1. The van der Waals surface area contributed by atoms with Crippen LogP contribution in [0.15, 0.2) is 36.8 Å². The minimum atomic E-state index is -1.04. The van der Waals surface area contributed by atoms with Crippen LogP contribution in [0.4, 0.5) is 5.82 Å². The van der Waals surface area contributed by atoms with Crippen LogP contribution < -0.4 is 5.32 Å². The van der Waals surface area contributed by atoms with Gasteiger partial charge in [0.05, 0.1) is 0 Å². The number of anilines is 1. The number of nitrogens with one attached hydrogen (secondary N) is 1. The maximum atomic E-state index is 11.0. The third kappa shape index (κ3) is 2.63. The Bertz CT molecular complexity index is 570. The zero-order valence-electron chi connectivity index (χ0n) is 9.92. The summed E-state index contributed by atoms with van der Waals surface area (Å²) in [6.07, 6.45) is 2.61. The van der Waals surface area contributed by atoms with Crippen LogP contribution in [-0.4, -0.2) is 21.0 Å². The van der Waals surface area contributed by atoms with E-state index >= 15 is 0 Å². The topological polar surface area (TPSA) is 75.1 Å². The molecule has 92 valence electrons. The summed E-state index contributed by atoms with van der Waals surface area (Å²) in [7, 11) is 0. The normalized spacial score (nSPS) is 10.1. The first-order valence-electron chi connectivity index (χ1n) is 5.50. The van der Waals surface area contributed by atoms with Gasteiger partial charge in [-0.25, -0.2) is 14.8 Å². The molecule has 0 aliphatic heterocycles. The molecule has 0 atom stereocenters. The van der Waals surface area contributed by atoms with Crippen molar-refractivity contribution < 1.29 is 9.90 Å². The van der Waals surface area contributed by atoms with Gasteiger partial charge in [-0.3, -0.25) is 0 Å². The van der Waals surface area contributed by atoms with Crippen molar-refractivity contribution in [3.63, 3.8) is 0 Å². The van der Waals surface area contributed by atoms with Gasteiger partial charge in [0.1, 0.15) is 17.7 Å². The van der Waals surface area contributed by atoms with Gasteiger partial charge in [0.15, 0.2) is 0 Å². The number of nitrogens with zero attached hydrogens (tertiary/aromatic N) is 2. The Morgan fingerprint density at radius 3 is 2.89 bits per heavy atom. The number of carbonyl (C=O) groups is 1. The van der Waals surface area contributed by atoms with Gasteiger partial charge in [-0.2, -0.15) is 0 Å². The monoisotopic (exact) mass is 243 g/mol. The van der Waals surface area contributed by atoms with Crippen LogP contribution in [0.5, 0.6) is 0 Å². The van der Waals surface area contributed by atoms with E-state index in [1.807, 2.05) is 31.2 Å². The van der Waals surface area contributed by atoms with Crippen molar-refractivity contribution in [2.45, 2.75) is 13.5 Å². The zero-order chi connectivity index (χ0) is 13.0. The Hall–Kier alpha value is -2.43. The lowest BCUT2D eigenvalue weighted by molar-refractivity contribution is 0.0697. The first-order chi connectivity index (χ1) is 8.68. The SMILES string of the molecule is Cc1ccccc1CNc1ncncc1C(=O)O. The van der Waals surface area contributed by atoms with E-state index in [9.17, 15) is 4.79 Å². The number of aromatic carboxylic acids is 1. The first-order valence-corrected chi connectivity index (χ1v) is 5.50. The number of hydrogen-bond acceptors (Lipinski definition) is 4. The van der Waals surface area contributed by atoms with E-state index in [2.05, 4.69) is 15.3 Å². The largest absolute Gasteiger partial charge is 0.477 e. The molecule has 0 amide bonds. The lowest BCUT2D eigenvalue weighted by Crippen LogP contribution is -2.09. The van der Waals surface area contributed by atoms with Crippen molar-refractivity contribution in [1.82, 2.24) is 9.97 Å². The minimum Gasteiger partial charge on any atom is -0.477 e. The third-order valence-electron chi connectivity index (χ3n) is 2.65. The van der Waals surface area contributed by atoms with Gasteiger partial charge in [-0.1, -0.05) is 24.3 Å². The molecule has 0 unspecified atom stereocenters. The van der Waals surface area contributed by atoms with Crippen LogP contribution in [0.3, 0.4) is 0 Å². The van der Waals surface area contributed by atoms with E-state index in [1.54, 1.807) is 0 Å². The molecule has 0 saturated heterocycles. The van der Waals surface area contributed by atoms with Gasteiger partial charge in [0, 0.05) is 12.7 Å². The van der Waals surface area contributed by atoms with E-state index in [4.69, 9.17) is 5.11 Å². The number of hydrogen-bond donors (Lipinski definition) is 2. The molecule has 1 heterocycles. The number of carboxylic acid groups (broad SMARTS) is 1. The number of benzene rings is 1. The van der Waals surface area contributed by atoms with Gasteiger partial charge in [-0.15, -0.1) is 0 Å². The summed E-state index contributed by atoms with van der Waals surface area (Å²) in [5, 5.41) is 12.0. The minimum absolute atomic E-state index is 0.0751. The van der Waals surface area contributed by atoms with Crippen molar-refractivity contribution in [1.29, 1.82) is 0 Å². The van der Waals surface area contributed by atoms with Crippen molar-refractivity contribution in [3.05, 3.63) is 53.5 Å². The highest BCUT2D eigenvalue weighted by Gasteiger charge is 2.10. The molecular formula is C13H13N3O2. The Balaban J connectivity index is 2.16. The maximum Gasteiger partial charge on any atom is 0.341 e. The molecule has 0 radical (unpaired) electrons. The van der Waals surface area contributed by atoms with Crippen LogP contribution in [-0.2, 0) is 6.54 Å². The fourth-order valence-corrected chi connectivity index (χ4v) is 1.61. The van der Waals surface area contributed by atoms with Crippen LogP contribution in [0.1, 0.15) is 21.5 Å². The molecular weight excluding hydrogens is 230 g/mol. The molecule has 2 N–H and O–H groups in total. The molecule has 18 heavy (non-hydrogen) atoms. The van der Waals surface area contributed by atoms with Gasteiger partial charge < -0.3 is 10.4 Å². The lowest BCUT2D eigenvalue weighted by Gasteiger charge is -2.09. The fourth-order valence-electron chi connectivity index (χ4n) is 1.61. The summed E-state index contributed by atoms with van der Waals surface area (Å²) >= 11 is 0. The molecule has 0 spiro atoms. The van der Waals surface area contributed by atoms with Crippen LogP contribution in [0, 0.1) is 6.92 Å². The number of aryl methyl sites for hydroxylation is 1. The fraction of sp³-hybridized carbons (Fsp3) is 0.154. The summed E-state index contributed by atoms with van der Waals surface area (Å²) in [5.74, 6) is -0.705. The Morgan fingerprint density at radius 1 is 1.39 bits per heavy atom. The molecule has 1 aromatic heterocycles. The molecule has 5 nitrogen and oxygen atoms in total. The summed E-state index contributed by atoms with van der Waals surface area (Å²) < 4.78 is 0. The van der Waals surface area contributed by atoms with E-state index in [0.29, 0.717) is 12.4 Å². The average Bonchev–Trinajstić information content (AvgIpc) is 2.38. The third-order valence-corrected chi connectivity index (χ3v) is 2.65. The Morgan fingerprint density at radius 2 is 2.17 bits per heavy atom. The highest BCUT2D eigenvalue weighted by atomic mass is 16.4. The molecule has 0 fully saturated rings. The predicted octanol–water partition coefficient (Wildman–Crippen LogP) is 2.10. The van der Waals surface area contributed by atoms with Crippen LogP contribution in [0.2, 0.25) is 0 Å². The van der Waals surface area contributed by atoms with Gasteiger partial charge >= 0.3 is 5.97 Å². The van der Waals surface area contributed by atoms with Crippen LogP contribution >= 0.6 is 0 Å². The highest BCUT2D eigenvalue weighted by Crippen LogP contribution is 2.13. The van der Waals surface area contributed by atoms with E-state index < -0.39 is 5.97 Å². The van der Waals surface area contributed by atoms with E-state index in [1.165, 1.54) is 12.5 Å². The van der Waals surface area contributed by atoms with Crippen molar-refractivity contribution in [2.24, 2.45) is 0 Å². The molecule has 0 aliphatic carbocycles. The first kappa shape index (κ1) is 12.0. The predicted molar refractivity (Wildman–Crippen MR) is 67.5 cm³/mol. The molecule has 5 heteroatoms. The molecule has 2 aromatic rings. The summed E-state index contributed by atoms with van der Waals surface area (Å²) in [6, 6.07) is 7.91. The second-order valence-electron chi connectivity index (χ2n) is 3.87. The quantitative estimate of drug-likeness (QED) is 0.860. The van der Waals surface area contributed by atoms with E-state index in [0.717, 1.165) is 11.1 Å². The molecule has 0 saturated carbocycles. The maximum absolute atomic E-state index is 11.0. The second kappa shape index (κ2) is 5.27. The van der Waals surface area contributed by atoms with Gasteiger partial charge in [-0.05, 0) is 18.1 Å². The van der Waals surface area contributed by atoms with Crippen molar-refractivity contribution in [2.75, 3.05) is 5.32 Å². The summed E-state index contributed by atoms with van der Waals surface area (Å²) in [5.41, 5.74) is 2.33. The Kier molecular flexibility index (Phi) is 3.52. The summed E-state index contributed by atoms with van der Waals surface area (Å²) in [4.78, 5) is 18.6. The van der Waals surface area contributed by atoms with Crippen LogP contribution in [0.25, 0.3) is 0 Å². The molecule has 2 rings (SSSR count). The standard InChI is InChI=1S/C13H13N3O2/c1-9-4-2-3-5-10(9)6-15-12-11(13(17)18)7-14-8-16-12/h2-5,7-8H,6H2,1H3,(H,17,18)(H,14,15,16). The summed E-state index contributed by atoms with van der Waals surface area (Å²) in [6.45, 7) is 2.54. The number of rotatable bonds is 4. The smallest absolute Gasteiger partial charge is 0.341 e. The zero-order valence-corrected chi connectivity index (χ0v) is 9.92. The van der Waals surface area contributed by atoms with Crippen molar-refractivity contribution >= 4 is 11.8 Å². The number of aromatic nitrogens is 2. The van der Waals surface area contributed by atoms with Crippen molar-refractivity contribution in [3.8, 4) is 0 Å².